The number of ether oxygens (including phenoxy) is 2. The maximum absolute atomic E-state index is 12.2. The summed E-state index contributed by atoms with van der Waals surface area (Å²) in [6, 6.07) is 0. The molecule has 0 aromatic carbocycles. The molecular formula is C40H78N2O5. The quantitative estimate of drug-likeness (QED) is 0.0522. The van der Waals surface area contributed by atoms with E-state index in [0.29, 0.717) is 39.1 Å². The van der Waals surface area contributed by atoms with Crippen molar-refractivity contribution >= 4 is 11.9 Å². The molecule has 7 heteroatoms. The fourth-order valence-corrected chi connectivity index (χ4v) is 5.98. The van der Waals surface area contributed by atoms with Crippen molar-refractivity contribution in [2.75, 3.05) is 53.0 Å². The van der Waals surface area contributed by atoms with Crippen LogP contribution < -0.4 is 0 Å². The summed E-state index contributed by atoms with van der Waals surface area (Å²) in [5, 5.41) is 9.27. The fraction of sp³-hybridized carbons (Fsp3) is 0.900. The average Bonchev–Trinajstić information content (AvgIpc) is 3.05. The number of likely N-dealkylation sites (N-methyl/N-ethyl adjacent to an activating group) is 1. The molecule has 0 saturated carbocycles. The van der Waals surface area contributed by atoms with Gasteiger partial charge in [-0.1, -0.05) is 149 Å². The highest BCUT2D eigenvalue weighted by Gasteiger charge is 2.12. The van der Waals surface area contributed by atoms with Crippen LogP contribution in [0.5, 0.6) is 0 Å². The number of aliphatic hydroxyl groups is 1. The van der Waals surface area contributed by atoms with Crippen molar-refractivity contribution in [2.24, 2.45) is 0 Å². The second kappa shape index (κ2) is 35.7. The van der Waals surface area contributed by atoms with E-state index in [1.165, 1.54) is 116 Å². The average molecular weight is 667 g/mol. The molecule has 0 heterocycles. The molecule has 0 aromatic heterocycles. The summed E-state index contributed by atoms with van der Waals surface area (Å²) in [7, 11) is 1.96. The second-order valence-corrected chi connectivity index (χ2v) is 13.7. The Morgan fingerprint density at radius 2 is 0.872 bits per heavy atom. The van der Waals surface area contributed by atoms with Gasteiger partial charge in [0, 0.05) is 44.7 Å². The van der Waals surface area contributed by atoms with Crippen molar-refractivity contribution in [3.05, 3.63) is 12.3 Å². The molecule has 0 bridgehead atoms. The molecule has 278 valence electrons. The molecule has 0 amide bonds. The van der Waals surface area contributed by atoms with Crippen LogP contribution >= 0.6 is 0 Å². The smallest absolute Gasteiger partial charge is 0.305 e. The first kappa shape index (κ1) is 45.4. The standard InChI is InChI=1S/C40H78N2O5/c1-5-7-9-11-13-15-17-19-21-23-25-29-39(44)46-35-27-31-42(38(3)37-41(4)33-34-43)32-28-36-47-40(45)30-26-24-22-20-18-16-14-12-10-8-6-2/h43H,3,5-37H2,1-2,4H3. The van der Waals surface area contributed by atoms with Gasteiger partial charge in [-0.15, -0.1) is 0 Å². The zero-order valence-electron chi connectivity index (χ0n) is 31.5. The third kappa shape index (κ3) is 32.7. The Kier molecular flexibility index (Phi) is 34.5. The van der Waals surface area contributed by atoms with E-state index in [0.717, 1.165) is 57.3 Å². The first-order valence-corrected chi connectivity index (χ1v) is 20.0. The van der Waals surface area contributed by atoms with Crippen molar-refractivity contribution in [2.45, 2.75) is 181 Å². The number of carbonyl (C=O) groups excluding carboxylic acids is 2. The Bertz CT molecular complexity index is 671. The van der Waals surface area contributed by atoms with Gasteiger partial charge < -0.3 is 19.5 Å². The molecule has 0 radical (unpaired) electrons. The number of aliphatic hydroxyl groups excluding tert-OH is 1. The van der Waals surface area contributed by atoms with Gasteiger partial charge in [-0.05, 0) is 32.7 Å². The van der Waals surface area contributed by atoms with E-state index in [9.17, 15) is 14.7 Å². The van der Waals surface area contributed by atoms with Gasteiger partial charge >= 0.3 is 11.9 Å². The van der Waals surface area contributed by atoms with Crippen LogP contribution in [-0.4, -0.2) is 79.9 Å². The van der Waals surface area contributed by atoms with E-state index < -0.39 is 0 Å². The lowest BCUT2D eigenvalue weighted by Crippen LogP contribution is -2.34. The summed E-state index contributed by atoms with van der Waals surface area (Å²) in [5.41, 5.74) is 0.959. The third-order valence-electron chi connectivity index (χ3n) is 9.02. The third-order valence-corrected chi connectivity index (χ3v) is 9.02. The minimum atomic E-state index is -0.0984. The molecular weight excluding hydrogens is 588 g/mol. The topological polar surface area (TPSA) is 79.3 Å². The van der Waals surface area contributed by atoms with Crippen molar-refractivity contribution in [1.29, 1.82) is 0 Å². The van der Waals surface area contributed by atoms with Crippen LogP contribution in [0.25, 0.3) is 0 Å². The number of carbonyl (C=O) groups is 2. The first-order chi connectivity index (χ1) is 22.9. The Balaban J connectivity index is 4.08. The maximum Gasteiger partial charge on any atom is 0.305 e. The molecule has 0 unspecified atom stereocenters. The molecule has 7 nitrogen and oxygen atoms in total. The van der Waals surface area contributed by atoms with Crippen LogP contribution in [0, 0.1) is 0 Å². The van der Waals surface area contributed by atoms with Crippen molar-refractivity contribution in [3.63, 3.8) is 0 Å². The minimum absolute atomic E-state index is 0.0984. The number of unbranched alkanes of at least 4 members (excludes halogenated alkanes) is 20. The predicted octanol–water partition coefficient (Wildman–Crippen LogP) is 9.99. The number of hydrogen-bond donors (Lipinski definition) is 1. The van der Waals surface area contributed by atoms with Crippen molar-refractivity contribution in [3.8, 4) is 0 Å². The highest BCUT2D eigenvalue weighted by atomic mass is 16.5. The SMILES string of the molecule is C=C(CN(C)CCO)N(CCCOC(=O)CCCCCCCCCCCCC)CCCOC(=O)CCCCCCCCCCCCC. The maximum atomic E-state index is 12.2. The number of esters is 2. The predicted molar refractivity (Wildman–Crippen MR) is 199 cm³/mol. The summed E-state index contributed by atoms with van der Waals surface area (Å²) in [6.07, 6.45) is 30.3. The Morgan fingerprint density at radius 1 is 0.532 bits per heavy atom. The molecule has 0 aliphatic heterocycles. The van der Waals surface area contributed by atoms with Crippen LogP contribution in [0.3, 0.4) is 0 Å². The van der Waals surface area contributed by atoms with Gasteiger partial charge in [0.2, 0.25) is 0 Å². The molecule has 47 heavy (non-hydrogen) atoms. The Morgan fingerprint density at radius 3 is 1.21 bits per heavy atom. The Labute approximate surface area is 291 Å². The zero-order chi connectivity index (χ0) is 34.6. The fourth-order valence-electron chi connectivity index (χ4n) is 5.98. The first-order valence-electron chi connectivity index (χ1n) is 20.0. The molecule has 0 atom stereocenters. The van der Waals surface area contributed by atoms with E-state index in [1.54, 1.807) is 0 Å². The van der Waals surface area contributed by atoms with Gasteiger partial charge in [0.15, 0.2) is 0 Å². The Hall–Kier alpha value is -1.60. The van der Waals surface area contributed by atoms with Crippen LogP contribution in [0.2, 0.25) is 0 Å². The van der Waals surface area contributed by atoms with Crippen molar-refractivity contribution < 1.29 is 24.2 Å². The van der Waals surface area contributed by atoms with E-state index in [-0.39, 0.29) is 18.5 Å². The lowest BCUT2D eigenvalue weighted by atomic mass is 10.1. The summed E-state index contributed by atoms with van der Waals surface area (Å²) < 4.78 is 11.0. The summed E-state index contributed by atoms with van der Waals surface area (Å²) in [5.74, 6) is -0.197. The molecule has 0 rings (SSSR count). The second-order valence-electron chi connectivity index (χ2n) is 13.7. The van der Waals surface area contributed by atoms with E-state index in [2.05, 4.69) is 25.3 Å². The number of rotatable bonds is 37. The van der Waals surface area contributed by atoms with Crippen LogP contribution in [0.1, 0.15) is 181 Å². The van der Waals surface area contributed by atoms with Crippen molar-refractivity contribution in [1.82, 2.24) is 9.80 Å². The summed E-state index contributed by atoms with van der Waals surface area (Å²) >= 11 is 0. The van der Waals surface area contributed by atoms with Gasteiger partial charge in [0.1, 0.15) is 0 Å². The van der Waals surface area contributed by atoms with E-state index in [4.69, 9.17) is 9.47 Å². The highest BCUT2D eigenvalue weighted by Crippen LogP contribution is 2.14. The molecule has 0 aliphatic carbocycles. The van der Waals surface area contributed by atoms with Gasteiger partial charge in [0.05, 0.1) is 19.8 Å². The number of nitrogens with zero attached hydrogens (tertiary/aromatic N) is 2. The van der Waals surface area contributed by atoms with Gasteiger partial charge in [-0.25, -0.2) is 0 Å². The van der Waals surface area contributed by atoms with Gasteiger partial charge in [-0.2, -0.15) is 0 Å². The largest absolute Gasteiger partial charge is 0.466 e. The molecule has 1 N–H and O–H groups in total. The lowest BCUT2D eigenvalue weighted by Gasteiger charge is -2.29. The molecule has 0 aliphatic rings. The van der Waals surface area contributed by atoms with Gasteiger partial charge in [0.25, 0.3) is 0 Å². The number of hydrogen-bond acceptors (Lipinski definition) is 7. The summed E-state index contributed by atoms with van der Waals surface area (Å²) in [6.45, 7) is 12.4. The lowest BCUT2D eigenvalue weighted by molar-refractivity contribution is -0.144. The van der Waals surface area contributed by atoms with E-state index in [1.807, 2.05) is 11.9 Å². The van der Waals surface area contributed by atoms with Gasteiger partial charge in [-0.3, -0.25) is 14.5 Å². The molecule has 0 spiro atoms. The monoisotopic (exact) mass is 667 g/mol. The molecule has 0 aromatic rings. The van der Waals surface area contributed by atoms with Crippen LogP contribution in [0.4, 0.5) is 0 Å². The zero-order valence-corrected chi connectivity index (χ0v) is 31.5. The normalized spacial score (nSPS) is 11.3. The molecule has 0 fully saturated rings. The van der Waals surface area contributed by atoms with Crippen LogP contribution in [-0.2, 0) is 19.1 Å². The summed E-state index contributed by atoms with van der Waals surface area (Å²) in [4.78, 5) is 28.7. The highest BCUT2D eigenvalue weighted by molar-refractivity contribution is 5.69. The minimum Gasteiger partial charge on any atom is -0.466 e. The van der Waals surface area contributed by atoms with Crippen LogP contribution in [0.15, 0.2) is 12.3 Å². The van der Waals surface area contributed by atoms with E-state index >= 15 is 0 Å². The molecule has 0 saturated heterocycles.